The number of hydrogen-bond acceptors (Lipinski definition) is 5. The van der Waals surface area contributed by atoms with Gasteiger partial charge in [0.2, 0.25) is 0 Å². The average Bonchev–Trinajstić information content (AvgIpc) is 2.90. The summed E-state index contributed by atoms with van der Waals surface area (Å²) >= 11 is 0. The highest BCUT2D eigenvalue weighted by Gasteiger charge is 2.17. The van der Waals surface area contributed by atoms with E-state index < -0.39 is 0 Å². The standard InChI is InChI=1S/C13H11N5O/c1-2-8(11-9(3-1)15-4-5-19-11)12-17-10-6-14-7-16-13(10)18-12/h1-3,6-7,15H,4-5H2,(H,14,16,17,18). The van der Waals surface area contributed by atoms with Crippen molar-refractivity contribution in [3.05, 3.63) is 30.7 Å². The van der Waals surface area contributed by atoms with Gasteiger partial charge in [-0.2, -0.15) is 0 Å². The molecule has 6 heteroatoms. The fourth-order valence-electron chi connectivity index (χ4n) is 2.25. The maximum absolute atomic E-state index is 5.75. The summed E-state index contributed by atoms with van der Waals surface area (Å²) in [5, 5.41) is 3.31. The van der Waals surface area contributed by atoms with E-state index in [1.165, 1.54) is 6.33 Å². The Kier molecular flexibility index (Phi) is 2.14. The number of imidazole rings is 1. The lowest BCUT2D eigenvalue weighted by Gasteiger charge is -2.20. The fraction of sp³-hybridized carbons (Fsp3) is 0.154. The van der Waals surface area contributed by atoms with Crippen LogP contribution in [0.4, 0.5) is 5.69 Å². The van der Waals surface area contributed by atoms with Gasteiger partial charge in [-0.15, -0.1) is 0 Å². The minimum Gasteiger partial charge on any atom is -0.489 e. The van der Waals surface area contributed by atoms with Crippen molar-refractivity contribution in [1.82, 2.24) is 19.9 Å². The highest BCUT2D eigenvalue weighted by atomic mass is 16.5. The zero-order valence-electron chi connectivity index (χ0n) is 10.1. The number of aromatic nitrogens is 4. The summed E-state index contributed by atoms with van der Waals surface area (Å²) in [6.45, 7) is 1.48. The topological polar surface area (TPSA) is 75.7 Å². The molecule has 1 aliphatic heterocycles. The third-order valence-electron chi connectivity index (χ3n) is 3.10. The number of hydrogen-bond donors (Lipinski definition) is 2. The summed E-state index contributed by atoms with van der Waals surface area (Å²) < 4.78 is 5.75. The van der Waals surface area contributed by atoms with Crippen LogP contribution in [0.1, 0.15) is 0 Å². The summed E-state index contributed by atoms with van der Waals surface area (Å²) in [6, 6.07) is 5.96. The molecular weight excluding hydrogens is 242 g/mol. The summed E-state index contributed by atoms with van der Waals surface area (Å²) in [7, 11) is 0. The Bertz CT molecular complexity index is 719. The smallest absolute Gasteiger partial charge is 0.181 e. The molecule has 1 aliphatic rings. The van der Waals surface area contributed by atoms with E-state index in [0.717, 1.165) is 34.9 Å². The molecule has 2 aromatic heterocycles. The van der Waals surface area contributed by atoms with Gasteiger partial charge in [0.15, 0.2) is 11.4 Å². The number of nitrogens with zero attached hydrogens (tertiary/aromatic N) is 3. The van der Waals surface area contributed by atoms with Crippen LogP contribution < -0.4 is 10.1 Å². The highest BCUT2D eigenvalue weighted by molar-refractivity contribution is 5.80. The molecule has 0 spiro atoms. The molecule has 0 amide bonds. The van der Waals surface area contributed by atoms with Crippen molar-refractivity contribution in [2.45, 2.75) is 0 Å². The Morgan fingerprint density at radius 2 is 2.26 bits per heavy atom. The van der Waals surface area contributed by atoms with Crippen molar-refractivity contribution in [2.75, 3.05) is 18.5 Å². The van der Waals surface area contributed by atoms with Gasteiger partial charge < -0.3 is 15.0 Å². The molecule has 19 heavy (non-hydrogen) atoms. The molecule has 1 aromatic carbocycles. The fourth-order valence-corrected chi connectivity index (χ4v) is 2.25. The van der Waals surface area contributed by atoms with Crippen molar-refractivity contribution < 1.29 is 4.74 Å². The van der Waals surface area contributed by atoms with Crippen LogP contribution in [0.15, 0.2) is 30.7 Å². The lowest BCUT2D eigenvalue weighted by Crippen LogP contribution is -2.18. The van der Waals surface area contributed by atoms with E-state index in [1.807, 2.05) is 18.2 Å². The molecule has 94 valence electrons. The Hall–Kier alpha value is -2.63. The second-order valence-corrected chi connectivity index (χ2v) is 4.30. The van der Waals surface area contributed by atoms with E-state index in [-0.39, 0.29) is 0 Å². The first-order valence-corrected chi connectivity index (χ1v) is 6.07. The van der Waals surface area contributed by atoms with E-state index >= 15 is 0 Å². The molecule has 4 rings (SSSR count). The lowest BCUT2D eigenvalue weighted by molar-refractivity contribution is 0.324. The molecule has 0 unspecified atom stereocenters. The molecule has 3 heterocycles. The second-order valence-electron chi connectivity index (χ2n) is 4.30. The van der Waals surface area contributed by atoms with Crippen LogP contribution in [0.25, 0.3) is 22.6 Å². The quantitative estimate of drug-likeness (QED) is 0.692. The van der Waals surface area contributed by atoms with Gasteiger partial charge in [0.05, 0.1) is 17.4 Å². The molecule has 0 saturated carbocycles. The Balaban J connectivity index is 1.92. The van der Waals surface area contributed by atoms with Gasteiger partial charge in [-0.05, 0) is 12.1 Å². The number of ether oxygens (including phenoxy) is 1. The molecular formula is C13H11N5O. The van der Waals surface area contributed by atoms with Crippen LogP contribution in [-0.4, -0.2) is 33.1 Å². The number of nitrogens with one attached hydrogen (secondary N) is 2. The minimum atomic E-state index is 0.657. The van der Waals surface area contributed by atoms with Gasteiger partial charge in [0.1, 0.15) is 24.3 Å². The van der Waals surface area contributed by atoms with Gasteiger partial charge in [-0.1, -0.05) is 6.07 Å². The third-order valence-corrected chi connectivity index (χ3v) is 3.10. The molecule has 0 fully saturated rings. The first-order valence-electron chi connectivity index (χ1n) is 6.07. The Morgan fingerprint density at radius 1 is 1.26 bits per heavy atom. The molecule has 0 saturated heterocycles. The number of anilines is 1. The van der Waals surface area contributed by atoms with Crippen LogP contribution in [0.2, 0.25) is 0 Å². The maximum Gasteiger partial charge on any atom is 0.181 e. The van der Waals surface area contributed by atoms with Crippen LogP contribution in [0.3, 0.4) is 0 Å². The van der Waals surface area contributed by atoms with Gasteiger partial charge in [0, 0.05) is 6.54 Å². The van der Waals surface area contributed by atoms with Crippen molar-refractivity contribution in [2.24, 2.45) is 0 Å². The summed E-state index contributed by atoms with van der Waals surface area (Å²) in [5.74, 6) is 1.58. The number of benzene rings is 1. The van der Waals surface area contributed by atoms with Crippen LogP contribution in [0, 0.1) is 0 Å². The largest absolute Gasteiger partial charge is 0.489 e. The van der Waals surface area contributed by atoms with Gasteiger partial charge >= 0.3 is 0 Å². The van der Waals surface area contributed by atoms with E-state index in [1.54, 1.807) is 6.20 Å². The predicted octanol–water partition coefficient (Wildman–Crippen LogP) is 1.82. The van der Waals surface area contributed by atoms with Crippen LogP contribution in [0.5, 0.6) is 5.75 Å². The predicted molar refractivity (Wildman–Crippen MR) is 71.1 cm³/mol. The SMILES string of the molecule is c1cc2c(c(-c3nc4ncncc4[nH]3)c1)OCCN2. The Morgan fingerprint density at radius 3 is 3.21 bits per heavy atom. The highest BCUT2D eigenvalue weighted by Crippen LogP contribution is 2.37. The minimum absolute atomic E-state index is 0.657. The number of aromatic amines is 1. The van der Waals surface area contributed by atoms with Crippen LogP contribution in [-0.2, 0) is 0 Å². The van der Waals surface area contributed by atoms with Crippen LogP contribution >= 0.6 is 0 Å². The van der Waals surface area contributed by atoms with E-state index in [4.69, 9.17) is 4.74 Å². The third kappa shape index (κ3) is 1.61. The summed E-state index contributed by atoms with van der Waals surface area (Å²) in [6.07, 6.45) is 3.21. The van der Waals surface area contributed by atoms with E-state index in [9.17, 15) is 0 Å². The van der Waals surface area contributed by atoms with Gasteiger partial charge in [-0.25, -0.2) is 15.0 Å². The number of rotatable bonds is 1. The zero-order valence-corrected chi connectivity index (χ0v) is 10.1. The zero-order chi connectivity index (χ0) is 12.7. The normalized spacial score (nSPS) is 13.7. The molecule has 0 radical (unpaired) electrons. The van der Waals surface area contributed by atoms with E-state index in [0.29, 0.717) is 12.3 Å². The number of fused-ring (bicyclic) bond motifs is 2. The molecule has 2 N–H and O–H groups in total. The van der Waals surface area contributed by atoms with Crippen molar-refractivity contribution in [3.63, 3.8) is 0 Å². The molecule has 3 aromatic rings. The Labute approximate surface area is 108 Å². The molecule has 0 aliphatic carbocycles. The average molecular weight is 253 g/mol. The van der Waals surface area contributed by atoms with Crippen molar-refractivity contribution in [3.8, 4) is 17.1 Å². The maximum atomic E-state index is 5.75. The van der Waals surface area contributed by atoms with Gasteiger partial charge in [-0.3, -0.25) is 0 Å². The van der Waals surface area contributed by atoms with E-state index in [2.05, 4.69) is 25.3 Å². The monoisotopic (exact) mass is 253 g/mol. The van der Waals surface area contributed by atoms with Crippen molar-refractivity contribution >= 4 is 16.9 Å². The first-order chi connectivity index (χ1) is 9.42. The molecule has 0 atom stereocenters. The first kappa shape index (κ1) is 10.3. The lowest BCUT2D eigenvalue weighted by atomic mass is 10.1. The second kappa shape index (κ2) is 3.94. The number of para-hydroxylation sites is 1. The molecule has 6 nitrogen and oxygen atoms in total. The molecule has 0 bridgehead atoms. The van der Waals surface area contributed by atoms with Crippen molar-refractivity contribution in [1.29, 1.82) is 0 Å². The number of H-pyrrole nitrogens is 1. The summed E-state index contributed by atoms with van der Waals surface area (Å²) in [4.78, 5) is 15.8. The van der Waals surface area contributed by atoms with Gasteiger partial charge in [0.25, 0.3) is 0 Å². The summed E-state index contributed by atoms with van der Waals surface area (Å²) in [5.41, 5.74) is 3.41.